The zero-order valence-corrected chi connectivity index (χ0v) is 17.7. The Morgan fingerprint density at radius 3 is 2.41 bits per heavy atom. The second-order valence-electron chi connectivity index (χ2n) is 7.28. The monoisotopic (exact) mass is 416 g/mol. The van der Waals surface area contributed by atoms with Crippen LogP contribution in [0, 0.1) is 0 Å². The number of nitrogens with zero attached hydrogens (tertiary/aromatic N) is 1. The van der Waals surface area contributed by atoms with Crippen molar-refractivity contribution in [3.8, 4) is 5.75 Å². The lowest BCUT2D eigenvalue weighted by atomic mass is 10.1. The Morgan fingerprint density at radius 2 is 1.72 bits per heavy atom. The van der Waals surface area contributed by atoms with Gasteiger partial charge in [0, 0.05) is 24.2 Å². The molecule has 0 spiro atoms. The predicted molar refractivity (Wildman–Crippen MR) is 113 cm³/mol. The highest BCUT2D eigenvalue weighted by atomic mass is 32.2. The van der Waals surface area contributed by atoms with Gasteiger partial charge in [-0.2, -0.15) is 4.31 Å². The summed E-state index contributed by atoms with van der Waals surface area (Å²) in [5, 5.41) is 2.93. The first kappa shape index (κ1) is 21.3. The van der Waals surface area contributed by atoms with Crippen molar-refractivity contribution in [2.45, 2.75) is 43.5 Å². The summed E-state index contributed by atoms with van der Waals surface area (Å²) < 4.78 is 32.9. The van der Waals surface area contributed by atoms with E-state index in [4.69, 9.17) is 4.74 Å². The smallest absolute Gasteiger partial charge is 0.251 e. The van der Waals surface area contributed by atoms with Gasteiger partial charge >= 0.3 is 0 Å². The molecule has 0 bridgehead atoms. The van der Waals surface area contributed by atoms with E-state index in [-0.39, 0.29) is 16.8 Å². The summed E-state index contributed by atoms with van der Waals surface area (Å²) in [6.07, 6.45) is 3.84. The zero-order valence-electron chi connectivity index (χ0n) is 16.9. The molecule has 3 rings (SSSR count). The molecule has 7 heteroatoms. The van der Waals surface area contributed by atoms with Crippen LogP contribution < -0.4 is 10.1 Å². The summed E-state index contributed by atoms with van der Waals surface area (Å²) in [5.41, 5.74) is 1.18. The predicted octanol–water partition coefficient (Wildman–Crippen LogP) is 3.75. The Morgan fingerprint density at radius 1 is 1.03 bits per heavy atom. The first-order chi connectivity index (χ1) is 13.9. The lowest BCUT2D eigenvalue weighted by Gasteiger charge is -2.20. The molecule has 156 valence electrons. The second kappa shape index (κ2) is 9.41. The van der Waals surface area contributed by atoms with Crippen LogP contribution >= 0.6 is 0 Å². The van der Waals surface area contributed by atoms with Crippen LogP contribution in [-0.4, -0.2) is 38.8 Å². The first-order valence-corrected chi connectivity index (χ1v) is 11.4. The number of ether oxygens (including phenoxy) is 1. The maximum Gasteiger partial charge on any atom is 0.251 e. The van der Waals surface area contributed by atoms with E-state index in [0.717, 1.165) is 31.2 Å². The van der Waals surface area contributed by atoms with Crippen LogP contribution in [0.2, 0.25) is 0 Å². The molecular weight excluding hydrogens is 388 g/mol. The van der Waals surface area contributed by atoms with Gasteiger partial charge in [-0.1, -0.05) is 37.1 Å². The third-order valence-corrected chi connectivity index (χ3v) is 7.15. The third-order valence-electron chi connectivity index (χ3n) is 5.25. The first-order valence-electron chi connectivity index (χ1n) is 9.97. The lowest BCUT2D eigenvalue weighted by molar-refractivity contribution is 0.0939. The van der Waals surface area contributed by atoms with Crippen molar-refractivity contribution in [1.82, 2.24) is 9.62 Å². The standard InChI is InChI=1S/C22H28N2O4S/c1-17(20-12-5-6-13-21(20)28-2)23-22(25)18-10-9-11-19(16-18)29(26,27)24-14-7-3-4-8-15-24/h5-6,9-13,16-17H,3-4,7-8,14-15H2,1-2H3,(H,23,25). The van der Waals surface area contributed by atoms with Gasteiger partial charge < -0.3 is 10.1 Å². The van der Waals surface area contributed by atoms with E-state index in [9.17, 15) is 13.2 Å². The number of para-hydroxylation sites is 1. The fraction of sp³-hybridized carbons (Fsp3) is 0.409. The summed E-state index contributed by atoms with van der Waals surface area (Å²) in [7, 11) is -2.01. The van der Waals surface area contributed by atoms with Crippen LogP contribution in [0.5, 0.6) is 5.75 Å². The number of carbonyl (C=O) groups is 1. The summed E-state index contributed by atoms with van der Waals surface area (Å²) in [5.74, 6) is 0.370. The minimum atomic E-state index is -3.60. The van der Waals surface area contributed by atoms with Gasteiger partial charge in [0.1, 0.15) is 5.75 Å². The molecule has 2 aromatic carbocycles. The van der Waals surface area contributed by atoms with E-state index in [2.05, 4.69) is 5.32 Å². The number of nitrogens with one attached hydrogen (secondary N) is 1. The van der Waals surface area contributed by atoms with Gasteiger partial charge in [0.05, 0.1) is 18.0 Å². The molecule has 1 unspecified atom stereocenters. The summed E-state index contributed by atoms with van der Waals surface area (Å²) >= 11 is 0. The van der Waals surface area contributed by atoms with Gasteiger partial charge in [-0.15, -0.1) is 0 Å². The SMILES string of the molecule is COc1ccccc1C(C)NC(=O)c1cccc(S(=O)(=O)N2CCCCCC2)c1. The minimum absolute atomic E-state index is 0.164. The molecule has 1 N–H and O–H groups in total. The Balaban J connectivity index is 1.78. The molecule has 1 amide bonds. The largest absolute Gasteiger partial charge is 0.496 e. The van der Waals surface area contributed by atoms with E-state index < -0.39 is 10.0 Å². The molecule has 0 aliphatic carbocycles. The molecule has 2 aromatic rings. The van der Waals surface area contributed by atoms with Crippen LogP contribution in [0.25, 0.3) is 0 Å². The molecule has 1 atom stereocenters. The van der Waals surface area contributed by atoms with Gasteiger partial charge in [0.2, 0.25) is 10.0 Å². The Hall–Kier alpha value is -2.38. The highest BCUT2D eigenvalue weighted by molar-refractivity contribution is 7.89. The molecule has 1 aliphatic rings. The number of benzene rings is 2. The van der Waals surface area contributed by atoms with Crippen molar-refractivity contribution in [2.24, 2.45) is 0 Å². The molecule has 1 saturated heterocycles. The van der Waals surface area contributed by atoms with Gasteiger partial charge in [-0.3, -0.25) is 4.79 Å². The van der Waals surface area contributed by atoms with Crippen LogP contribution in [0.3, 0.4) is 0 Å². The molecule has 1 fully saturated rings. The molecule has 0 aromatic heterocycles. The number of hydrogen-bond acceptors (Lipinski definition) is 4. The quantitative estimate of drug-likeness (QED) is 0.778. The Kier molecular flexibility index (Phi) is 6.92. The van der Waals surface area contributed by atoms with E-state index in [1.807, 2.05) is 31.2 Å². The van der Waals surface area contributed by atoms with Crippen molar-refractivity contribution in [2.75, 3.05) is 20.2 Å². The highest BCUT2D eigenvalue weighted by Crippen LogP contribution is 2.25. The molecule has 29 heavy (non-hydrogen) atoms. The van der Waals surface area contributed by atoms with Crippen molar-refractivity contribution in [1.29, 1.82) is 0 Å². The second-order valence-corrected chi connectivity index (χ2v) is 9.22. The molecule has 0 radical (unpaired) electrons. The normalized spacial score (nSPS) is 16.6. The summed E-state index contributed by atoms with van der Waals surface area (Å²) in [4.78, 5) is 12.9. The van der Waals surface area contributed by atoms with Gasteiger partial charge in [-0.05, 0) is 44.0 Å². The number of sulfonamides is 1. The van der Waals surface area contributed by atoms with Crippen LogP contribution in [0.1, 0.15) is 54.6 Å². The molecule has 1 heterocycles. The maximum atomic E-state index is 13.0. The molecule has 1 aliphatic heterocycles. The fourth-order valence-electron chi connectivity index (χ4n) is 3.61. The average Bonchev–Trinajstić information content (AvgIpc) is 3.04. The van der Waals surface area contributed by atoms with E-state index in [1.165, 1.54) is 10.4 Å². The molecular formula is C22H28N2O4S. The number of amides is 1. The number of rotatable bonds is 6. The minimum Gasteiger partial charge on any atom is -0.496 e. The van der Waals surface area contributed by atoms with E-state index in [0.29, 0.717) is 24.4 Å². The fourth-order valence-corrected chi connectivity index (χ4v) is 5.17. The maximum absolute atomic E-state index is 13.0. The highest BCUT2D eigenvalue weighted by Gasteiger charge is 2.26. The Bertz CT molecular complexity index is 951. The van der Waals surface area contributed by atoms with Crippen molar-refractivity contribution >= 4 is 15.9 Å². The van der Waals surface area contributed by atoms with Gasteiger partial charge in [0.25, 0.3) is 5.91 Å². The van der Waals surface area contributed by atoms with Gasteiger partial charge in [-0.25, -0.2) is 8.42 Å². The van der Waals surface area contributed by atoms with Crippen LogP contribution in [0.4, 0.5) is 0 Å². The summed E-state index contributed by atoms with van der Waals surface area (Å²) in [6.45, 7) is 2.93. The van der Waals surface area contributed by atoms with Crippen LogP contribution in [0.15, 0.2) is 53.4 Å². The van der Waals surface area contributed by atoms with Crippen molar-refractivity contribution in [3.63, 3.8) is 0 Å². The zero-order chi connectivity index (χ0) is 20.9. The number of hydrogen-bond donors (Lipinski definition) is 1. The molecule has 0 saturated carbocycles. The van der Waals surface area contributed by atoms with E-state index in [1.54, 1.807) is 25.3 Å². The molecule has 6 nitrogen and oxygen atoms in total. The van der Waals surface area contributed by atoms with Crippen LogP contribution in [-0.2, 0) is 10.0 Å². The average molecular weight is 417 g/mol. The summed E-state index contributed by atoms with van der Waals surface area (Å²) in [6, 6.07) is 13.5. The van der Waals surface area contributed by atoms with E-state index >= 15 is 0 Å². The van der Waals surface area contributed by atoms with Crippen molar-refractivity contribution in [3.05, 3.63) is 59.7 Å². The topological polar surface area (TPSA) is 75.7 Å². The number of carbonyl (C=O) groups excluding carboxylic acids is 1. The lowest BCUT2D eigenvalue weighted by Crippen LogP contribution is -2.32. The third kappa shape index (κ3) is 4.97. The van der Waals surface area contributed by atoms with Crippen molar-refractivity contribution < 1.29 is 17.9 Å². The number of methoxy groups -OCH3 is 1. The van der Waals surface area contributed by atoms with Gasteiger partial charge in [0.15, 0.2) is 0 Å². The Labute approximate surface area is 172 Å².